The highest BCUT2D eigenvalue weighted by Gasteiger charge is 2.07. The molecule has 0 atom stereocenters. The van der Waals surface area contributed by atoms with Gasteiger partial charge in [-0.2, -0.15) is 0 Å². The highest BCUT2D eigenvalue weighted by atomic mass is 16.3. The molecule has 2 amide bonds. The molecule has 0 aliphatic rings. The van der Waals surface area contributed by atoms with Gasteiger partial charge in [0.05, 0.1) is 30.0 Å². The molecule has 0 saturated heterocycles. The Morgan fingerprint density at radius 1 is 1.04 bits per heavy atom. The maximum Gasteiger partial charge on any atom is 0.324 e. The predicted octanol–water partition coefficient (Wildman–Crippen LogP) is 3.51. The molecule has 3 aromatic rings. The van der Waals surface area contributed by atoms with Gasteiger partial charge in [-0.05, 0) is 49.7 Å². The molecule has 2 heterocycles. The monoisotopic (exact) mass is 335 g/mol. The summed E-state index contributed by atoms with van der Waals surface area (Å²) in [6.07, 6.45) is 4.64. The fourth-order valence-electron chi connectivity index (χ4n) is 2.20. The quantitative estimate of drug-likeness (QED) is 0.680. The van der Waals surface area contributed by atoms with Gasteiger partial charge in [-0.3, -0.25) is 15.3 Å². The molecule has 0 bridgehead atoms. The van der Waals surface area contributed by atoms with E-state index >= 15 is 0 Å². The molecular formula is C18H17N5O2. The number of urea groups is 1. The lowest BCUT2D eigenvalue weighted by Gasteiger charge is -2.08. The van der Waals surface area contributed by atoms with E-state index in [9.17, 15) is 9.90 Å². The molecular weight excluding hydrogens is 318 g/mol. The van der Waals surface area contributed by atoms with Crippen molar-refractivity contribution in [2.24, 2.45) is 0 Å². The largest absolute Gasteiger partial charge is 0.508 e. The van der Waals surface area contributed by atoms with Gasteiger partial charge < -0.3 is 10.4 Å². The minimum Gasteiger partial charge on any atom is -0.508 e. The first kappa shape index (κ1) is 16.4. The van der Waals surface area contributed by atoms with Gasteiger partial charge in [-0.15, -0.1) is 0 Å². The average Bonchev–Trinajstić information content (AvgIpc) is 2.59. The maximum absolute atomic E-state index is 12.1. The number of aromatic nitrogens is 3. The van der Waals surface area contributed by atoms with Crippen molar-refractivity contribution in [1.29, 1.82) is 0 Å². The first-order chi connectivity index (χ1) is 12.0. The lowest BCUT2D eigenvalue weighted by Crippen LogP contribution is -2.20. The van der Waals surface area contributed by atoms with Crippen LogP contribution in [0.25, 0.3) is 11.3 Å². The molecule has 7 heteroatoms. The van der Waals surface area contributed by atoms with E-state index in [1.807, 2.05) is 13.0 Å². The van der Waals surface area contributed by atoms with Crippen LogP contribution in [-0.2, 0) is 0 Å². The van der Waals surface area contributed by atoms with Crippen LogP contribution in [0.4, 0.5) is 16.3 Å². The number of aryl methyl sites for hydroxylation is 2. The molecule has 25 heavy (non-hydrogen) atoms. The molecule has 0 unspecified atom stereocenters. The van der Waals surface area contributed by atoms with Crippen LogP contribution in [-0.4, -0.2) is 26.1 Å². The summed E-state index contributed by atoms with van der Waals surface area (Å²) in [4.78, 5) is 24.7. The van der Waals surface area contributed by atoms with Gasteiger partial charge in [0, 0.05) is 11.3 Å². The Balaban J connectivity index is 1.73. The SMILES string of the molecule is Cc1ccc(NC(=O)Nc2cncc(-c3ccc(O)c(C)c3)n2)cn1. The van der Waals surface area contributed by atoms with Crippen LogP contribution in [0.3, 0.4) is 0 Å². The molecule has 126 valence electrons. The van der Waals surface area contributed by atoms with Crippen molar-refractivity contribution < 1.29 is 9.90 Å². The Bertz CT molecular complexity index is 910. The van der Waals surface area contributed by atoms with Crippen LogP contribution in [0.5, 0.6) is 5.75 Å². The third-order valence-corrected chi connectivity index (χ3v) is 3.54. The number of nitrogens with one attached hydrogen (secondary N) is 2. The van der Waals surface area contributed by atoms with Gasteiger partial charge in [0.15, 0.2) is 5.82 Å². The molecule has 2 aromatic heterocycles. The number of phenolic OH excluding ortho intramolecular Hbond substituents is 1. The summed E-state index contributed by atoms with van der Waals surface area (Å²) in [6.45, 7) is 3.67. The molecule has 3 rings (SSSR count). The number of amides is 2. The molecule has 0 spiro atoms. The van der Waals surface area contributed by atoms with Crippen molar-refractivity contribution in [1.82, 2.24) is 15.0 Å². The van der Waals surface area contributed by atoms with E-state index in [2.05, 4.69) is 25.6 Å². The maximum atomic E-state index is 12.1. The number of anilines is 2. The van der Waals surface area contributed by atoms with Gasteiger partial charge in [0.25, 0.3) is 0 Å². The number of benzene rings is 1. The Kier molecular flexibility index (Phi) is 4.56. The molecule has 0 fully saturated rings. The first-order valence-corrected chi connectivity index (χ1v) is 7.64. The summed E-state index contributed by atoms with van der Waals surface area (Å²) >= 11 is 0. The fourth-order valence-corrected chi connectivity index (χ4v) is 2.20. The summed E-state index contributed by atoms with van der Waals surface area (Å²) < 4.78 is 0. The Labute approximate surface area is 144 Å². The topological polar surface area (TPSA) is 100 Å². The number of hydrogen-bond donors (Lipinski definition) is 3. The molecule has 1 aromatic carbocycles. The molecule has 3 N–H and O–H groups in total. The van der Waals surface area contributed by atoms with E-state index in [4.69, 9.17) is 0 Å². The van der Waals surface area contributed by atoms with Crippen molar-refractivity contribution >= 4 is 17.5 Å². The van der Waals surface area contributed by atoms with Gasteiger partial charge in [0.1, 0.15) is 5.75 Å². The van der Waals surface area contributed by atoms with Crippen LogP contribution in [0.2, 0.25) is 0 Å². The van der Waals surface area contributed by atoms with Crippen molar-refractivity contribution in [2.75, 3.05) is 10.6 Å². The molecule has 0 aliphatic heterocycles. The van der Waals surface area contributed by atoms with E-state index < -0.39 is 6.03 Å². The van der Waals surface area contributed by atoms with Crippen molar-refractivity contribution in [2.45, 2.75) is 13.8 Å². The van der Waals surface area contributed by atoms with Crippen LogP contribution in [0.1, 0.15) is 11.3 Å². The van der Waals surface area contributed by atoms with Crippen LogP contribution >= 0.6 is 0 Å². The zero-order chi connectivity index (χ0) is 17.8. The summed E-state index contributed by atoms with van der Waals surface area (Å²) in [6, 6.07) is 8.30. The highest BCUT2D eigenvalue weighted by Crippen LogP contribution is 2.24. The smallest absolute Gasteiger partial charge is 0.324 e. The Morgan fingerprint density at radius 2 is 1.88 bits per heavy atom. The van der Waals surface area contributed by atoms with Gasteiger partial charge in [-0.25, -0.2) is 9.78 Å². The minimum atomic E-state index is -0.431. The number of carbonyl (C=O) groups is 1. The average molecular weight is 335 g/mol. The fraction of sp³-hybridized carbons (Fsp3) is 0.111. The van der Waals surface area contributed by atoms with Crippen LogP contribution in [0, 0.1) is 13.8 Å². The number of pyridine rings is 1. The van der Waals surface area contributed by atoms with E-state index in [-0.39, 0.29) is 5.75 Å². The van der Waals surface area contributed by atoms with Crippen LogP contribution in [0.15, 0.2) is 48.9 Å². The van der Waals surface area contributed by atoms with E-state index in [0.29, 0.717) is 17.2 Å². The Morgan fingerprint density at radius 3 is 2.60 bits per heavy atom. The van der Waals surface area contributed by atoms with Crippen LogP contribution < -0.4 is 10.6 Å². The van der Waals surface area contributed by atoms with Crippen molar-refractivity contribution in [3.8, 4) is 17.0 Å². The summed E-state index contributed by atoms with van der Waals surface area (Å²) in [7, 11) is 0. The lowest BCUT2D eigenvalue weighted by atomic mass is 10.1. The summed E-state index contributed by atoms with van der Waals surface area (Å²) in [5.41, 5.74) is 3.59. The standard InChI is InChI=1S/C18H17N5O2/c1-11-7-13(4-6-16(11)24)15-9-19-10-17(22-15)23-18(25)21-14-5-3-12(2)20-8-14/h3-10,24H,1-2H3,(H2,21,22,23,25). The number of nitrogens with zero attached hydrogens (tertiary/aromatic N) is 3. The lowest BCUT2D eigenvalue weighted by molar-refractivity contribution is 0.262. The van der Waals surface area contributed by atoms with E-state index in [1.54, 1.807) is 43.6 Å². The Hall–Kier alpha value is -3.48. The second-order valence-electron chi connectivity index (χ2n) is 5.56. The van der Waals surface area contributed by atoms with Gasteiger partial charge in [0.2, 0.25) is 0 Å². The first-order valence-electron chi connectivity index (χ1n) is 7.64. The third-order valence-electron chi connectivity index (χ3n) is 3.54. The highest BCUT2D eigenvalue weighted by molar-refractivity contribution is 5.99. The minimum absolute atomic E-state index is 0.220. The molecule has 0 aliphatic carbocycles. The molecule has 0 saturated carbocycles. The number of aromatic hydroxyl groups is 1. The number of phenols is 1. The second-order valence-corrected chi connectivity index (χ2v) is 5.56. The van der Waals surface area contributed by atoms with Crippen molar-refractivity contribution in [3.63, 3.8) is 0 Å². The summed E-state index contributed by atoms with van der Waals surface area (Å²) in [5.74, 6) is 0.540. The second kappa shape index (κ2) is 6.96. The van der Waals surface area contributed by atoms with Gasteiger partial charge >= 0.3 is 6.03 Å². The number of hydrogen-bond acceptors (Lipinski definition) is 5. The third kappa shape index (κ3) is 4.08. The molecule has 0 radical (unpaired) electrons. The summed E-state index contributed by atoms with van der Waals surface area (Å²) in [5, 5.41) is 14.9. The molecule has 7 nitrogen and oxygen atoms in total. The zero-order valence-corrected chi connectivity index (χ0v) is 13.8. The zero-order valence-electron chi connectivity index (χ0n) is 13.8. The van der Waals surface area contributed by atoms with Crippen molar-refractivity contribution in [3.05, 3.63) is 60.2 Å². The predicted molar refractivity (Wildman–Crippen MR) is 95.5 cm³/mol. The van der Waals surface area contributed by atoms with Gasteiger partial charge in [-0.1, -0.05) is 0 Å². The number of rotatable bonds is 3. The normalized spacial score (nSPS) is 10.3. The van der Waals surface area contributed by atoms with E-state index in [1.165, 1.54) is 6.20 Å². The number of carbonyl (C=O) groups excluding carboxylic acids is 1. The van der Waals surface area contributed by atoms with E-state index in [0.717, 1.165) is 16.8 Å².